The summed E-state index contributed by atoms with van der Waals surface area (Å²) in [5.41, 5.74) is -0.304. The fourth-order valence-electron chi connectivity index (χ4n) is 1.38. The Kier molecular flexibility index (Phi) is 3.06. The van der Waals surface area contributed by atoms with Gasteiger partial charge in [-0.1, -0.05) is 0 Å². The van der Waals surface area contributed by atoms with Gasteiger partial charge in [-0.15, -0.1) is 0 Å². The molecule has 1 aliphatic carbocycles. The van der Waals surface area contributed by atoms with Crippen LogP contribution < -0.4 is 0 Å². The van der Waals surface area contributed by atoms with Gasteiger partial charge in [0.1, 0.15) is 11.3 Å². The average molecular weight is 212 g/mol. The molecule has 1 N–H and O–H groups in total. The molecule has 0 radical (unpaired) electrons. The normalized spacial score (nSPS) is 19.5. The molecule has 0 heterocycles. The van der Waals surface area contributed by atoms with E-state index >= 15 is 0 Å². The first-order chi connectivity index (χ1) is 6.98. The predicted molar refractivity (Wildman–Crippen MR) is 51.2 cm³/mol. The summed E-state index contributed by atoms with van der Waals surface area (Å²) < 4.78 is 9.83. The van der Waals surface area contributed by atoms with Crippen molar-refractivity contribution in [2.24, 2.45) is 0 Å². The molecule has 0 saturated carbocycles. The predicted octanol–water partition coefficient (Wildman–Crippen LogP) is 0.516. The number of aliphatic hydroxyl groups excluding tert-OH is 1. The van der Waals surface area contributed by atoms with E-state index in [1.54, 1.807) is 0 Å². The molecule has 0 atom stereocenters. The van der Waals surface area contributed by atoms with Crippen LogP contribution in [0.3, 0.4) is 0 Å². The van der Waals surface area contributed by atoms with Crippen LogP contribution in [-0.2, 0) is 19.1 Å². The Morgan fingerprint density at radius 3 is 2.33 bits per heavy atom. The highest BCUT2D eigenvalue weighted by molar-refractivity contribution is 6.23. The van der Waals surface area contributed by atoms with E-state index in [2.05, 4.69) is 0 Å². The summed E-state index contributed by atoms with van der Waals surface area (Å²) in [6.45, 7) is 1.19. The van der Waals surface area contributed by atoms with Crippen molar-refractivity contribution in [2.75, 3.05) is 14.2 Å². The van der Waals surface area contributed by atoms with E-state index in [9.17, 15) is 14.7 Å². The third kappa shape index (κ3) is 1.71. The van der Waals surface area contributed by atoms with E-state index in [4.69, 9.17) is 9.47 Å². The molecular weight excluding hydrogens is 200 g/mol. The zero-order valence-corrected chi connectivity index (χ0v) is 8.73. The maximum atomic E-state index is 11.8. The van der Waals surface area contributed by atoms with Crippen molar-refractivity contribution in [3.05, 3.63) is 23.5 Å². The lowest BCUT2D eigenvalue weighted by Crippen LogP contribution is -2.44. The van der Waals surface area contributed by atoms with E-state index < -0.39 is 17.4 Å². The van der Waals surface area contributed by atoms with Crippen LogP contribution in [0.2, 0.25) is 0 Å². The Morgan fingerprint density at radius 1 is 1.40 bits per heavy atom. The van der Waals surface area contributed by atoms with Gasteiger partial charge < -0.3 is 14.6 Å². The Bertz CT molecular complexity index is 360. The third-order valence-electron chi connectivity index (χ3n) is 2.22. The van der Waals surface area contributed by atoms with Gasteiger partial charge >= 0.3 is 0 Å². The number of ether oxygens (including phenoxy) is 2. The van der Waals surface area contributed by atoms with Crippen molar-refractivity contribution in [2.45, 2.75) is 12.7 Å². The van der Waals surface area contributed by atoms with Crippen molar-refractivity contribution in [1.29, 1.82) is 0 Å². The molecule has 0 amide bonds. The minimum atomic E-state index is -1.60. The van der Waals surface area contributed by atoms with Gasteiger partial charge in [0.25, 0.3) is 5.79 Å². The van der Waals surface area contributed by atoms with E-state index in [-0.39, 0.29) is 11.3 Å². The third-order valence-corrected chi connectivity index (χ3v) is 2.22. The molecule has 1 aliphatic rings. The number of carbonyl (C=O) groups is 2. The molecule has 0 fully saturated rings. The van der Waals surface area contributed by atoms with Crippen LogP contribution in [0.1, 0.15) is 6.92 Å². The Hall–Kier alpha value is -1.46. The second kappa shape index (κ2) is 3.96. The molecule has 82 valence electrons. The molecule has 0 aromatic heterocycles. The molecule has 0 aromatic carbocycles. The lowest BCUT2D eigenvalue weighted by molar-refractivity contribution is -0.183. The van der Waals surface area contributed by atoms with Gasteiger partial charge in [0.15, 0.2) is 5.78 Å². The van der Waals surface area contributed by atoms with Gasteiger partial charge in [0, 0.05) is 14.2 Å². The van der Waals surface area contributed by atoms with E-state index in [0.717, 1.165) is 0 Å². The van der Waals surface area contributed by atoms with Crippen molar-refractivity contribution >= 4 is 11.6 Å². The van der Waals surface area contributed by atoms with Crippen LogP contribution >= 0.6 is 0 Å². The Labute approximate surface area is 87.0 Å². The molecule has 0 spiro atoms. The maximum Gasteiger partial charge on any atom is 0.254 e. The van der Waals surface area contributed by atoms with Crippen molar-refractivity contribution < 1.29 is 24.2 Å². The summed E-state index contributed by atoms with van der Waals surface area (Å²) in [6, 6.07) is 0. The molecule has 0 bridgehead atoms. The number of Topliss-reactive ketones (excluding diaryl/α,β-unsaturated/α-hetero) is 2. The monoisotopic (exact) mass is 212 g/mol. The van der Waals surface area contributed by atoms with Gasteiger partial charge in [-0.05, 0) is 19.1 Å². The van der Waals surface area contributed by atoms with E-state index in [0.29, 0.717) is 0 Å². The van der Waals surface area contributed by atoms with Crippen LogP contribution in [-0.4, -0.2) is 36.7 Å². The lowest BCUT2D eigenvalue weighted by Gasteiger charge is -2.28. The number of allylic oxidation sites excluding steroid dienone is 1. The molecule has 0 aliphatic heterocycles. The highest BCUT2D eigenvalue weighted by atomic mass is 16.7. The van der Waals surface area contributed by atoms with Crippen LogP contribution in [0, 0.1) is 0 Å². The van der Waals surface area contributed by atoms with Crippen LogP contribution in [0.4, 0.5) is 0 Å². The largest absolute Gasteiger partial charge is 0.507 e. The van der Waals surface area contributed by atoms with E-state index in [1.165, 1.54) is 33.3 Å². The minimum Gasteiger partial charge on any atom is -0.507 e. The molecule has 0 unspecified atom stereocenters. The number of hydrogen-bond acceptors (Lipinski definition) is 5. The van der Waals surface area contributed by atoms with Crippen LogP contribution in [0.5, 0.6) is 0 Å². The number of rotatable bonds is 3. The number of carbonyl (C=O) groups excluding carboxylic acids is 2. The molecule has 0 aromatic rings. The van der Waals surface area contributed by atoms with Crippen LogP contribution in [0.15, 0.2) is 23.5 Å². The van der Waals surface area contributed by atoms with Crippen molar-refractivity contribution in [3.8, 4) is 0 Å². The zero-order chi connectivity index (χ0) is 11.6. The van der Waals surface area contributed by atoms with Crippen molar-refractivity contribution in [3.63, 3.8) is 0 Å². The second-order valence-corrected chi connectivity index (χ2v) is 3.05. The highest BCUT2D eigenvalue weighted by Gasteiger charge is 2.43. The summed E-state index contributed by atoms with van der Waals surface area (Å²) in [5.74, 6) is -3.19. The zero-order valence-electron chi connectivity index (χ0n) is 8.73. The molecule has 5 heteroatoms. The fourth-order valence-corrected chi connectivity index (χ4v) is 1.38. The summed E-state index contributed by atoms with van der Waals surface area (Å²) in [7, 11) is 2.57. The first-order valence-corrected chi connectivity index (χ1v) is 4.27. The number of aliphatic hydroxyl groups is 1. The highest BCUT2D eigenvalue weighted by Crippen LogP contribution is 2.26. The second-order valence-electron chi connectivity index (χ2n) is 3.05. The molecule has 15 heavy (non-hydrogen) atoms. The summed E-state index contributed by atoms with van der Waals surface area (Å²) in [5, 5.41) is 9.37. The van der Waals surface area contributed by atoms with Crippen molar-refractivity contribution in [1.82, 2.24) is 0 Å². The van der Waals surface area contributed by atoms with Gasteiger partial charge in [0.2, 0.25) is 5.78 Å². The quantitative estimate of drug-likeness (QED) is 0.545. The standard InChI is InChI=1S/C10H12O5/c1-6(11)8-7(12)4-5-10(14-2,15-3)9(8)13/h4-5,12H,1-3H3. The van der Waals surface area contributed by atoms with Crippen LogP contribution in [0.25, 0.3) is 0 Å². The maximum absolute atomic E-state index is 11.8. The molecule has 5 nitrogen and oxygen atoms in total. The summed E-state index contributed by atoms with van der Waals surface area (Å²) in [6.07, 6.45) is 2.47. The van der Waals surface area contributed by atoms with Gasteiger partial charge in [-0.25, -0.2) is 0 Å². The molecule has 1 rings (SSSR count). The number of methoxy groups -OCH3 is 2. The lowest BCUT2D eigenvalue weighted by atomic mass is 9.93. The first kappa shape index (κ1) is 11.6. The SMILES string of the molecule is COC1(OC)C=CC(O)=C(C(C)=O)C1=O. The number of ketones is 2. The fraction of sp³-hybridized carbons (Fsp3) is 0.400. The van der Waals surface area contributed by atoms with Gasteiger partial charge in [0.05, 0.1) is 0 Å². The molecular formula is C10H12O5. The molecule has 0 saturated heterocycles. The average Bonchev–Trinajstić information content (AvgIpc) is 2.19. The minimum absolute atomic E-state index is 0.304. The summed E-state index contributed by atoms with van der Waals surface area (Å²) >= 11 is 0. The topological polar surface area (TPSA) is 72.8 Å². The Morgan fingerprint density at radius 2 is 1.93 bits per heavy atom. The first-order valence-electron chi connectivity index (χ1n) is 4.27. The number of hydrogen-bond donors (Lipinski definition) is 1. The van der Waals surface area contributed by atoms with E-state index in [1.807, 2.05) is 0 Å². The smallest absolute Gasteiger partial charge is 0.254 e. The van der Waals surface area contributed by atoms with Gasteiger partial charge in [-0.3, -0.25) is 9.59 Å². The summed E-state index contributed by atoms with van der Waals surface area (Å²) in [4.78, 5) is 23.0. The Balaban J connectivity index is 3.25. The van der Waals surface area contributed by atoms with Gasteiger partial charge in [-0.2, -0.15) is 0 Å².